The van der Waals surface area contributed by atoms with Crippen molar-refractivity contribution in [2.24, 2.45) is 0 Å². The third kappa shape index (κ3) is 3.98. The number of ether oxygens (including phenoxy) is 1. The Morgan fingerprint density at radius 1 is 1.14 bits per heavy atom. The molecule has 108 valence electrons. The number of nitrogens with zero attached hydrogens (tertiary/aromatic N) is 1. The molecule has 0 N–H and O–H groups in total. The minimum Gasteiger partial charge on any atom is -0.451 e. The SMILES string of the molecule is Cc1ccc(C(=O)C(C)OC(=O)c2cncc(Br)c2)cc1. The molecule has 5 heteroatoms. The predicted octanol–water partition coefficient (Wildman–Crippen LogP) is 3.58. The minimum absolute atomic E-state index is 0.230. The van der Waals surface area contributed by atoms with Crippen LogP contribution < -0.4 is 0 Å². The molecule has 1 aromatic carbocycles. The standard InChI is InChI=1S/C16H14BrNO3/c1-10-3-5-12(6-4-10)15(19)11(2)21-16(20)13-7-14(17)9-18-8-13/h3-9,11H,1-2H3. The molecule has 0 amide bonds. The summed E-state index contributed by atoms with van der Waals surface area (Å²) in [5.41, 5.74) is 1.89. The highest BCUT2D eigenvalue weighted by Crippen LogP contribution is 2.13. The second-order valence-corrected chi connectivity index (χ2v) is 5.59. The maximum Gasteiger partial charge on any atom is 0.340 e. The fourth-order valence-electron chi connectivity index (χ4n) is 1.76. The summed E-state index contributed by atoms with van der Waals surface area (Å²) in [6.07, 6.45) is 2.12. The number of benzene rings is 1. The van der Waals surface area contributed by atoms with Crippen molar-refractivity contribution in [3.8, 4) is 0 Å². The average molecular weight is 348 g/mol. The number of esters is 1. The molecule has 0 spiro atoms. The second-order valence-electron chi connectivity index (χ2n) is 4.67. The Balaban J connectivity index is 2.07. The molecule has 2 rings (SSSR count). The number of aromatic nitrogens is 1. The number of pyridine rings is 1. The molecule has 0 aliphatic carbocycles. The van der Waals surface area contributed by atoms with Crippen molar-refractivity contribution in [2.45, 2.75) is 20.0 Å². The van der Waals surface area contributed by atoms with Gasteiger partial charge in [0.25, 0.3) is 0 Å². The maximum absolute atomic E-state index is 12.2. The van der Waals surface area contributed by atoms with Crippen molar-refractivity contribution in [1.82, 2.24) is 4.98 Å². The van der Waals surface area contributed by atoms with E-state index >= 15 is 0 Å². The van der Waals surface area contributed by atoms with Gasteiger partial charge in [0.1, 0.15) is 0 Å². The van der Waals surface area contributed by atoms with E-state index in [0.29, 0.717) is 15.6 Å². The van der Waals surface area contributed by atoms with Gasteiger partial charge in [0.15, 0.2) is 6.10 Å². The molecule has 1 heterocycles. The van der Waals surface area contributed by atoms with Crippen molar-refractivity contribution >= 4 is 27.7 Å². The number of hydrogen-bond acceptors (Lipinski definition) is 4. The van der Waals surface area contributed by atoms with Gasteiger partial charge in [-0.15, -0.1) is 0 Å². The molecule has 0 radical (unpaired) electrons. The maximum atomic E-state index is 12.2. The second kappa shape index (κ2) is 6.63. The fraction of sp³-hybridized carbons (Fsp3) is 0.188. The van der Waals surface area contributed by atoms with Gasteiger partial charge in [0, 0.05) is 22.4 Å². The molecule has 0 saturated heterocycles. The van der Waals surface area contributed by atoms with E-state index in [1.165, 1.54) is 6.20 Å². The van der Waals surface area contributed by atoms with Crippen LogP contribution in [-0.2, 0) is 4.74 Å². The Morgan fingerprint density at radius 3 is 2.43 bits per heavy atom. The Bertz CT molecular complexity index is 667. The lowest BCUT2D eigenvalue weighted by atomic mass is 10.1. The van der Waals surface area contributed by atoms with Gasteiger partial charge in [0.05, 0.1) is 5.56 Å². The summed E-state index contributed by atoms with van der Waals surface area (Å²) in [7, 11) is 0. The minimum atomic E-state index is -0.848. The van der Waals surface area contributed by atoms with Crippen LogP contribution in [0.25, 0.3) is 0 Å². The van der Waals surface area contributed by atoms with Gasteiger partial charge in [0.2, 0.25) is 5.78 Å². The summed E-state index contributed by atoms with van der Waals surface area (Å²) in [5.74, 6) is -0.803. The summed E-state index contributed by atoms with van der Waals surface area (Å²) in [6.45, 7) is 3.50. The largest absolute Gasteiger partial charge is 0.451 e. The van der Waals surface area contributed by atoms with E-state index in [0.717, 1.165) is 5.56 Å². The number of carbonyl (C=O) groups is 2. The number of carbonyl (C=O) groups excluding carboxylic acids is 2. The molecule has 0 aliphatic rings. The molecule has 4 nitrogen and oxygen atoms in total. The molecular weight excluding hydrogens is 334 g/mol. The van der Waals surface area contributed by atoms with Crippen molar-refractivity contribution in [3.05, 3.63) is 63.9 Å². The Labute approximate surface area is 131 Å². The monoisotopic (exact) mass is 347 g/mol. The normalized spacial score (nSPS) is 11.8. The topological polar surface area (TPSA) is 56.3 Å². The first-order valence-corrected chi connectivity index (χ1v) is 7.19. The van der Waals surface area contributed by atoms with Crippen LogP contribution in [0.1, 0.15) is 33.2 Å². The molecule has 0 fully saturated rings. The molecule has 1 atom stereocenters. The Morgan fingerprint density at radius 2 is 1.81 bits per heavy atom. The highest BCUT2D eigenvalue weighted by atomic mass is 79.9. The number of ketones is 1. The van der Waals surface area contributed by atoms with Gasteiger partial charge < -0.3 is 4.74 Å². The lowest BCUT2D eigenvalue weighted by Crippen LogP contribution is -2.24. The zero-order valence-corrected chi connectivity index (χ0v) is 13.3. The van der Waals surface area contributed by atoms with Crippen LogP contribution in [0.15, 0.2) is 47.2 Å². The Hall–Kier alpha value is -2.01. The fourth-order valence-corrected chi connectivity index (χ4v) is 2.12. The Kier molecular flexibility index (Phi) is 4.85. The summed E-state index contributed by atoms with van der Waals surface area (Å²) >= 11 is 3.23. The predicted molar refractivity (Wildman–Crippen MR) is 82.3 cm³/mol. The molecule has 21 heavy (non-hydrogen) atoms. The zero-order valence-electron chi connectivity index (χ0n) is 11.7. The first-order chi connectivity index (χ1) is 9.97. The van der Waals surface area contributed by atoms with Gasteiger partial charge >= 0.3 is 5.97 Å². The molecule has 0 saturated carbocycles. The average Bonchev–Trinajstić information content (AvgIpc) is 2.47. The molecule has 2 aromatic rings. The van der Waals surface area contributed by atoms with E-state index in [1.807, 2.05) is 19.1 Å². The summed E-state index contributed by atoms with van der Waals surface area (Å²) in [4.78, 5) is 28.0. The molecule has 0 bridgehead atoms. The summed E-state index contributed by atoms with van der Waals surface area (Å²) < 4.78 is 5.86. The van der Waals surface area contributed by atoms with E-state index in [9.17, 15) is 9.59 Å². The van der Waals surface area contributed by atoms with Crippen molar-refractivity contribution in [2.75, 3.05) is 0 Å². The van der Waals surface area contributed by atoms with Gasteiger partial charge in [-0.3, -0.25) is 9.78 Å². The number of halogens is 1. The van der Waals surface area contributed by atoms with Crippen LogP contribution in [0.3, 0.4) is 0 Å². The van der Waals surface area contributed by atoms with E-state index < -0.39 is 12.1 Å². The molecule has 0 aliphatic heterocycles. The van der Waals surface area contributed by atoms with E-state index in [-0.39, 0.29) is 5.78 Å². The van der Waals surface area contributed by atoms with Crippen LogP contribution in [0.4, 0.5) is 0 Å². The number of hydrogen-bond donors (Lipinski definition) is 0. The van der Waals surface area contributed by atoms with Crippen LogP contribution in [0.5, 0.6) is 0 Å². The lowest BCUT2D eigenvalue weighted by Gasteiger charge is -2.12. The van der Waals surface area contributed by atoms with Crippen molar-refractivity contribution in [3.63, 3.8) is 0 Å². The zero-order chi connectivity index (χ0) is 15.4. The number of aryl methyl sites for hydroxylation is 1. The first kappa shape index (κ1) is 15.4. The molecule has 1 aromatic heterocycles. The van der Waals surface area contributed by atoms with Gasteiger partial charge in [-0.1, -0.05) is 29.8 Å². The number of rotatable bonds is 4. The summed E-state index contributed by atoms with van der Waals surface area (Å²) in [6, 6.07) is 8.74. The van der Waals surface area contributed by atoms with Gasteiger partial charge in [-0.25, -0.2) is 4.79 Å². The summed E-state index contributed by atoms with van der Waals surface area (Å²) in [5, 5.41) is 0. The quantitative estimate of drug-likeness (QED) is 0.626. The first-order valence-electron chi connectivity index (χ1n) is 6.40. The highest BCUT2D eigenvalue weighted by Gasteiger charge is 2.20. The molecular formula is C16H14BrNO3. The number of Topliss-reactive ketones (excluding diaryl/α,β-unsaturated/α-hetero) is 1. The third-order valence-corrected chi connectivity index (χ3v) is 3.36. The van der Waals surface area contributed by atoms with Gasteiger partial charge in [-0.05, 0) is 35.8 Å². The van der Waals surface area contributed by atoms with E-state index in [4.69, 9.17) is 4.74 Å². The van der Waals surface area contributed by atoms with Crippen molar-refractivity contribution in [1.29, 1.82) is 0 Å². The third-order valence-electron chi connectivity index (χ3n) is 2.93. The molecule has 1 unspecified atom stereocenters. The lowest BCUT2D eigenvalue weighted by molar-refractivity contribution is 0.0318. The smallest absolute Gasteiger partial charge is 0.340 e. The van der Waals surface area contributed by atoms with Crippen LogP contribution >= 0.6 is 15.9 Å². The van der Waals surface area contributed by atoms with Crippen molar-refractivity contribution < 1.29 is 14.3 Å². The van der Waals surface area contributed by atoms with E-state index in [1.54, 1.807) is 31.3 Å². The highest BCUT2D eigenvalue weighted by molar-refractivity contribution is 9.10. The van der Waals surface area contributed by atoms with E-state index in [2.05, 4.69) is 20.9 Å². The van der Waals surface area contributed by atoms with Crippen LogP contribution in [0, 0.1) is 6.92 Å². The van der Waals surface area contributed by atoms with Crippen LogP contribution in [-0.4, -0.2) is 22.8 Å². The van der Waals surface area contributed by atoms with Gasteiger partial charge in [-0.2, -0.15) is 0 Å². The van der Waals surface area contributed by atoms with Crippen LogP contribution in [0.2, 0.25) is 0 Å².